The van der Waals surface area contributed by atoms with Gasteiger partial charge in [0.1, 0.15) is 18.5 Å². The highest BCUT2D eigenvalue weighted by molar-refractivity contribution is 5.91. The molecule has 1 amide bonds. The minimum absolute atomic E-state index is 0.0867. The monoisotopic (exact) mass is 405 g/mol. The molecule has 1 atom stereocenters. The van der Waals surface area contributed by atoms with E-state index < -0.39 is 17.2 Å². The molecule has 0 N–H and O–H groups in total. The van der Waals surface area contributed by atoms with Crippen molar-refractivity contribution in [2.24, 2.45) is 0 Å². The molecular formula is C22H22F3NO3. The number of halogens is 3. The van der Waals surface area contributed by atoms with Crippen LogP contribution in [0.4, 0.5) is 13.2 Å². The molecule has 1 aliphatic carbocycles. The fourth-order valence-corrected chi connectivity index (χ4v) is 3.77. The maximum Gasteiger partial charge on any atom is 0.416 e. The molecule has 4 nitrogen and oxygen atoms in total. The first kappa shape index (κ1) is 19.8. The molecular weight excluding hydrogens is 383 g/mol. The lowest BCUT2D eigenvalue weighted by Crippen LogP contribution is -2.50. The van der Waals surface area contributed by atoms with E-state index >= 15 is 0 Å². The van der Waals surface area contributed by atoms with Crippen molar-refractivity contribution in [2.75, 3.05) is 26.3 Å². The van der Waals surface area contributed by atoms with Crippen molar-refractivity contribution in [1.82, 2.24) is 4.90 Å². The molecule has 2 aliphatic rings. The Morgan fingerprint density at radius 3 is 2.59 bits per heavy atom. The lowest BCUT2D eigenvalue weighted by molar-refractivity contribution is -0.143. The third-order valence-corrected chi connectivity index (χ3v) is 5.51. The van der Waals surface area contributed by atoms with Crippen molar-refractivity contribution in [3.63, 3.8) is 0 Å². The summed E-state index contributed by atoms with van der Waals surface area (Å²) in [4.78, 5) is 15.0. The summed E-state index contributed by atoms with van der Waals surface area (Å²) in [6.07, 6.45) is -3.13. The van der Waals surface area contributed by atoms with E-state index in [-0.39, 0.29) is 24.4 Å². The fourth-order valence-electron chi connectivity index (χ4n) is 3.77. The molecule has 0 aromatic heterocycles. The van der Waals surface area contributed by atoms with Gasteiger partial charge in [0, 0.05) is 6.54 Å². The van der Waals surface area contributed by atoms with Gasteiger partial charge < -0.3 is 14.4 Å². The normalized spacial score (nSPS) is 20.9. The van der Waals surface area contributed by atoms with Crippen molar-refractivity contribution < 1.29 is 27.4 Å². The minimum atomic E-state index is -4.42. The summed E-state index contributed by atoms with van der Waals surface area (Å²) in [6, 6.07) is 14.5. The first-order chi connectivity index (χ1) is 13.9. The zero-order chi connectivity index (χ0) is 20.5. The van der Waals surface area contributed by atoms with Crippen LogP contribution in [-0.4, -0.2) is 43.2 Å². The van der Waals surface area contributed by atoms with Crippen LogP contribution in [-0.2, 0) is 21.1 Å². The molecule has 1 unspecified atom stereocenters. The molecule has 0 bridgehead atoms. The Kier molecular flexibility index (Phi) is 5.25. The van der Waals surface area contributed by atoms with Crippen LogP contribution < -0.4 is 4.74 Å². The molecule has 2 fully saturated rings. The van der Waals surface area contributed by atoms with Crippen molar-refractivity contribution >= 4 is 5.91 Å². The minimum Gasteiger partial charge on any atom is -0.491 e. The highest BCUT2D eigenvalue weighted by Crippen LogP contribution is 2.49. The molecule has 1 aliphatic heterocycles. The molecule has 7 heteroatoms. The molecule has 0 radical (unpaired) electrons. The number of hydrogen-bond donors (Lipinski definition) is 0. The van der Waals surface area contributed by atoms with E-state index in [9.17, 15) is 18.0 Å². The number of ether oxygens (including phenoxy) is 2. The Labute approximate surface area is 167 Å². The first-order valence-electron chi connectivity index (χ1n) is 9.65. The Bertz CT molecular complexity index is 865. The molecule has 1 saturated heterocycles. The second-order valence-electron chi connectivity index (χ2n) is 7.53. The number of benzene rings is 2. The average Bonchev–Trinajstić information content (AvgIpc) is 3.54. The number of amides is 1. The maximum absolute atomic E-state index is 13.2. The van der Waals surface area contributed by atoms with E-state index in [1.807, 2.05) is 30.3 Å². The van der Waals surface area contributed by atoms with Gasteiger partial charge in [-0.25, -0.2) is 0 Å². The fraction of sp³-hybridized carbons (Fsp3) is 0.409. The zero-order valence-electron chi connectivity index (χ0n) is 15.8. The molecule has 2 aromatic rings. The van der Waals surface area contributed by atoms with Crippen LogP contribution in [0.1, 0.15) is 24.0 Å². The van der Waals surface area contributed by atoms with Crippen molar-refractivity contribution in [3.05, 3.63) is 65.7 Å². The summed E-state index contributed by atoms with van der Waals surface area (Å²) in [5.41, 5.74) is -0.159. The first-order valence-corrected chi connectivity index (χ1v) is 9.65. The van der Waals surface area contributed by atoms with Gasteiger partial charge in [0.15, 0.2) is 0 Å². The van der Waals surface area contributed by atoms with E-state index in [0.717, 1.165) is 30.5 Å². The van der Waals surface area contributed by atoms with Gasteiger partial charge in [-0.05, 0) is 36.6 Å². The van der Waals surface area contributed by atoms with Crippen molar-refractivity contribution in [2.45, 2.75) is 30.5 Å². The summed E-state index contributed by atoms with van der Waals surface area (Å²) < 4.78 is 49.7. The predicted octanol–water partition coefficient (Wildman–Crippen LogP) is 4.04. The van der Waals surface area contributed by atoms with Crippen LogP contribution in [0.5, 0.6) is 5.75 Å². The number of nitrogens with zero attached hydrogens (tertiary/aromatic N) is 1. The van der Waals surface area contributed by atoms with Gasteiger partial charge >= 0.3 is 6.18 Å². The van der Waals surface area contributed by atoms with E-state index in [2.05, 4.69) is 0 Å². The van der Waals surface area contributed by atoms with E-state index in [1.165, 1.54) is 12.1 Å². The summed E-state index contributed by atoms with van der Waals surface area (Å²) in [5, 5.41) is 0. The second kappa shape index (κ2) is 7.71. The van der Waals surface area contributed by atoms with Crippen LogP contribution >= 0.6 is 0 Å². The van der Waals surface area contributed by atoms with Gasteiger partial charge in [-0.1, -0.05) is 36.4 Å². The third-order valence-electron chi connectivity index (χ3n) is 5.51. The third kappa shape index (κ3) is 4.24. The molecule has 1 heterocycles. The van der Waals surface area contributed by atoms with Crippen molar-refractivity contribution in [1.29, 1.82) is 0 Å². The van der Waals surface area contributed by atoms with Gasteiger partial charge in [-0.15, -0.1) is 0 Å². The summed E-state index contributed by atoms with van der Waals surface area (Å²) in [6.45, 7) is 1.34. The van der Waals surface area contributed by atoms with Crippen LogP contribution in [0.3, 0.4) is 0 Å². The lowest BCUT2D eigenvalue weighted by Gasteiger charge is -2.35. The largest absolute Gasteiger partial charge is 0.491 e. The quantitative estimate of drug-likeness (QED) is 0.754. The van der Waals surface area contributed by atoms with E-state index in [1.54, 1.807) is 4.90 Å². The van der Waals surface area contributed by atoms with Gasteiger partial charge in [0.2, 0.25) is 5.91 Å². The Morgan fingerprint density at radius 2 is 1.90 bits per heavy atom. The SMILES string of the molecule is O=C(N1CCOC(COc2cccc(C(F)(F)F)c2)C1)C1(c2ccccc2)CC1. The van der Waals surface area contributed by atoms with Crippen LogP contribution in [0.2, 0.25) is 0 Å². The number of carbonyl (C=O) groups is 1. The smallest absolute Gasteiger partial charge is 0.416 e. The standard InChI is InChI=1S/C22H22F3NO3/c23-22(24,25)17-7-4-8-18(13-17)29-15-19-14-26(11-12-28-19)20(27)21(9-10-21)16-5-2-1-3-6-16/h1-8,13,19H,9-12,14-15H2. The molecule has 29 heavy (non-hydrogen) atoms. The highest BCUT2D eigenvalue weighted by atomic mass is 19.4. The van der Waals surface area contributed by atoms with Crippen LogP contribution in [0.15, 0.2) is 54.6 Å². The Morgan fingerprint density at radius 1 is 1.14 bits per heavy atom. The maximum atomic E-state index is 13.2. The van der Waals surface area contributed by atoms with E-state index in [0.29, 0.717) is 19.7 Å². The number of alkyl halides is 3. The van der Waals surface area contributed by atoms with Crippen molar-refractivity contribution in [3.8, 4) is 5.75 Å². The highest BCUT2D eigenvalue weighted by Gasteiger charge is 2.53. The van der Waals surface area contributed by atoms with Crippen LogP contribution in [0.25, 0.3) is 0 Å². The van der Waals surface area contributed by atoms with Gasteiger partial charge in [0.05, 0.1) is 24.1 Å². The van der Waals surface area contributed by atoms with E-state index in [4.69, 9.17) is 9.47 Å². The van der Waals surface area contributed by atoms with Crippen LogP contribution in [0, 0.1) is 0 Å². The number of morpholine rings is 1. The predicted molar refractivity (Wildman–Crippen MR) is 101 cm³/mol. The van der Waals surface area contributed by atoms with Gasteiger partial charge in [-0.2, -0.15) is 13.2 Å². The number of hydrogen-bond acceptors (Lipinski definition) is 3. The molecule has 1 saturated carbocycles. The van der Waals surface area contributed by atoms with Gasteiger partial charge in [0.25, 0.3) is 0 Å². The Hall–Kier alpha value is -2.54. The molecule has 4 rings (SSSR count). The summed E-state index contributed by atoms with van der Waals surface area (Å²) in [7, 11) is 0. The molecule has 2 aromatic carbocycles. The zero-order valence-corrected chi connectivity index (χ0v) is 15.8. The molecule has 0 spiro atoms. The Balaban J connectivity index is 1.37. The number of carbonyl (C=O) groups excluding carboxylic acids is 1. The molecule has 154 valence electrons. The average molecular weight is 405 g/mol. The van der Waals surface area contributed by atoms with Gasteiger partial charge in [-0.3, -0.25) is 4.79 Å². The summed E-state index contributed by atoms with van der Waals surface area (Å²) in [5.74, 6) is 0.228. The lowest BCUT2D eigenvalue weighted by atomic mass is 9.94. The topological polar surface area (TPSA) is 38.8 Å². The summed E-state index contributed by atoms with van der Waals surface area (Å²) >= 11 is 0. The number of rotatable bonds is 5. The second-order valence-corrected chi connectivity index (χ2v) is 7.53.